The quantitative estimate of drug-likeness (QED) is 0.649. The number of carbonyl (C=O) groups excluding carboxylic acids is 1. The highest BCUT2D eigenvalue weighted by Gasteiger charge is 2.33. The normalized spacial score (nSPS) is 16.7. The minimum atomic E-state index is -0.511. The van der Waals surface area contributed by atoms with Gasteiger partial charge >= 0.3 is 6.03 Å². The van der Waals surface area contributed by atoms with Crippen LogP contribution in [0, 0.1) is 16.7 Å². The second-order valence-electron chi connectivity index (χ2n) is 7.78. The molecule has 0 spiro atoms. The number of hydrogen-bond donors (Lipinski definition) is 2. The molecule has 29 heavy (non-hydrogen) atoms. The highest BCUT2D eigenvalue weighted by molar-refractivity contribution is 6.35. The molecule has 0 radical (unpaired) electrons. The number of rotatable bonds is 4. The summed E-state index contributed by atoms with van der Waals surface area (Å²) in [5.74, 6) is 0.651. The van der Waals surface area contributed by atoms with Crippen LogP contribution in [0.15, 0.2) is 53.7 Å². The Bertz CT molecular complexity index is 1000. The van der Waals surface area contributed by atoms with Gasteiger partial charge in [-0.15, -0.1) is 0 Å². The number of allylic oxidation sites excluding steroid dienone is 1. The van der Waals surface area contributed by atoms with Crippen LogP contribution in [0.25, 0.3) is 0 Å². The summed E-state index contributed by atoms with van der Waals surface area (Å²) in [6.45, 7) is 6.18. The van der Waals surface area contributed by atoms with Crippen molar-refractivity contribution in [3.8, 4) is 11.8 Å². The molecule has 2 aromatic carbocycles. The molecule has 0 aliphatic carbocycles. The summed E-state index contributed by atoms with van der Waals surface area (Å²) >= 11 is 12.1. The van der Waals surface area contributed by atoms with Crippen molar-refractivity contribution in [3.05, 3.63) is 74.9 Å². The first-order valence-electron chi connectivity index (χ1n) is 9.08. The van der Waals surface area contributed by atoms with Gasteiger partial charge in [-0.25, -0.2) is 4.79 Å². The fraction of sp³-hybridized carbons (Fsp3) is 0.273. The third kappa shape index (κ3) is 4.84. The summed E-state index contributed by atoms with van der Waals surface area (Å²) in [6.07, 6.45) is 0. The van der Waals surface area contributed by atoms with Crippen molar-refractivity contribution in [2.75, 3.05) is 0 Å². The average Bonchev–Trinajstić information content (AvgIpc) is 2.66. The highest BCUT2D eigenvalue weighted by atomic mass is 35.5. The maximum atomic E-state index is 12.1. The summed E-state index contributed by atoms with van der Waals surface area (Å²) in [5.41, 5.74) is 2.40. The maximum absolute atomic E-state index is 12.1. The van der Waals surface area contributed by atoms with E-state index in [1.807, 2.05) is 39.0 Å². The van der Waals surface area contributed by atoms with Crippen LogP contribution in [0.5, 0.6) is 5.75 Å². The van der Waals surface area contributed by atoms with Crippen LogP contribution >= 0.6 is 23.2 Å². The van der Waals surface area contributed by atoms with Crippen molar-refractivity contribution < 1.29 is 9.53 Å². The standard InChI is InChI=1S/C22H21Cl2N3O2/c1-22(2,3)20-17(11-25)19(26-21(28)27-20)13-5-8-16(9-6-13)29-12-14-4-7-15(23)10-18(14)24/h4-10,19H,12H2,1-3H3,(H2,26,27,28)/t19-/m0/s1. The van der Waals surface area contributed by atoms with Gasteiger partial charge in [0.05, 0.1) is 17.7 Å². The fourth-order valence-corrected chi connectivity index (χ4v) is 3.55. The van der Waals surface area contributed by atoms with Gasteiger partial charge in [-0.3, -0.25) is 0 Å². The Hall–Kier alpha value is -2.68. The Morgan fingerprint density at radius 1 is 1.14 bits per heavy atom. The lowest BCUT2D eigenvalue weighted by Gasteiger charge is -2.33. The van der Waals surface area contributed by atoms with E-state index in [2.05, 4.69) is 16.7 Å². The van der Waals surface area contributed by atoms with E-state index in [9.17, 15) is 10.1 Å². The molecule has 0 aromatic heterocycles. The molecule has 2 N–H and O–H groups in total. The van der Waals surface area contributed by atoms with Crippen LogP contribution in [-0.4, -0.2) is 6.03 Å². The van der Waals surface area contributed by atoms with Crippen molar-refractivity contribution in [2.45, 2.75) is 33.4 Å². The van der Waals surface area contributed by atoms with E-state index in [1.54, 1.807) is 24.3 Å². The number of nitriles is 1. The van der Waals surface area contributed by atoms with Crippen LogP contribution < -0.4 is 15.4 Å². The topological polar surface area (TPSA) is 74.1 Å². The molecular formula is C22H21Cl2N3O2. The fourth-order valence-electron chi connectivity index (χ4n) is 3.08. The second kappa shape index (κ2) is 8.36. The minimum absolute atomic E-state index is 0.303. The Morgan fingerprint density at radius 2 is 1.83 bits per heavy atom. The smallest absolute Gasteiger partial charge is 0.319 e. The van der Waals surface area contributed by atoms with Gasteiger partial charge in [-0.2, -0.15) is 5.26 Å². The van der Waals surface area contributed by atoms with Crippen LogP contribution in [-0.2, 0) is 6.61 Å². The van der Waals surface area contributed by atoms with Crippen LogP contribution in [0.1, 0.15) is 37.9 Å². The molecule has 1 aliphatic heterocycles. The third-order valence-electron chi connectivity index (χ3n) is 4.57. The van der Waals surface area contributed by atoms with E-state index >= 15 is 0 Å². The first kappa shape index (κ1) is 21.0. The monoisotopic (exact) mass is 429 g/mol. The summed E-state index contributed by atoms with van der Waals surface area (Å²) in [6, 6.07) is 14.0. The largest absolute Gasteiger partial charge is 0.489 e. The highest BCUT2D eigenvalue weighted by Crippen LogP contribution is 2.35. The molecule has 2 aromatic rings. The number of hydrogen-bond acceptors (Lipinski definition) is 3. The predicted molar refractivity (Wildman–Crippen MR) is 114 cm³/mol. The van der Waals surface area contributed by atoms with Crippen LogP contribution in [0.2, 0.25) is 10.0 Å². The van der Waals surface area contributed by atoms with Crippen molar-refractivity contribution in [3.63, 3.8) is 0 Å². The Balaban J connectivity index is 1.80. The molecule has 150 valence electrons. The number of nitrogens with zero attached hydrogens (tertiary/aromatic N) is 1. The summed E-state index contributed by atoms with van der Waals surface area (Å²) < 4.78 is 5.80. The van der Waals surface area contributed by atoms with Crippen molar-refractivity contribution in [1.29, 1.82) is 5.26 Å². The average molecular weight is 430 g/mol. The molecule has 5 nitrogen and oxygen atoms in total. The number of amides is 2. The Kier molecular flexibility index (Phi) is 6.07. The van der Waals surface area contributed by atoms with E-state index in [0.29, 0.717) is 33.7 Å². The Morgan fingerprint density at radius 3 is 2.41 bits per heavy atom. The number of carbonyl (C=O) groups is 1. The predicted octanol–water partition coefficient (Wildman–Crippen LogP) is 5.75. The van der Waals surface area contributed by atoms with Crippen molar-refractivity contribution >= 4 is 29.2 Å². The van der Waals surface area contributed by atoms with Crippen LogP contribution in [0.3, 0.4) is 0 Å². The summed E-state index contributed by atoms with van der Waals surface area (Å²) in [5, 5.41) is 16.4. The lowest BCUT2D eigenvalue weighted by atomic mass is 9.84. The maximum Gasteiger partial charge on any atom is 0.319 e. The molecule has 1 heterocycles. The number of urea groups is 1. The first-order valence-corrected chi connectivity index (χ1v) is 9.83. The zero-order chi connectivity index (χ0) is 21.2. The number of halogens is 2. The molecule has 0 bridgehead atoms. The first-order chi connectivity index (χ1) is 13.7. The molecular weight excluding hydrogens is 409 g/mol. The molecule has 1 atom stereocenters. The second-order valence-corrected chi connectivity index (χ2v) is 8.62. The number of ether oxygens (including phenoxy) is 1. The molecule has 2 amide bonds. The van der Waals surface area contributed by atoms with E-state index in [1.165, 1.54) is 0 Å². The third-order valence-corrected chi connectivity index (χ3v) is 5.15. The van der Waals surface area contributed by atoms with Crippen molar-refractivity contribution in [2.24, 2.45) is 5.41 Å². The van der Waals surface area contributed by atoms with Gasteiger partial charge in [-0.1, -0.05) is 62.2 Å². The summed E-state index contributed by atoms with van der Waals surface area (Å²) in [4.78, 5) is 12.1. The van der Waals surface area contributed by atoms with Gasteiger partial charge in [0.15, 0.2) is 0 Å². The zero-order valence-corrected chi connectivity index (χ0v) is 17.9. The van der Waals surface area contributed by atoms with Gasteiger partial charge < -0.3 is 15.4 Å². The number of nitrogens with one attached hydrogen (secondary N) is 2. The minimum Gasteiger partial charge on any atom is -0.489 e. The molecule has 1 aliphatic rings. The van der Waals surface area contributed by atoms with Crippen LogP contribution in [0.4, 0.5) is 4.79 Å². The van der Waals surface area contributed by atoms with E-state index < -0.39 is 6.04 Å². The van der Waals surface area contributed by atoms with E-state index in [0.717, 1.165) is 11.1 Å². The van der Waals surface area contributed by atoms with Gasteiger partial charge in [-0.05, 0) is 29.8 Å². The number of benzene rings is 2. The van der Waals surface area contributed by atoms with Gasteiger partial charge in [0.1, 0.15) is 12.4 Å². The molecule has 0 unspecified atom stereocenters. The van der Waals surface area contributed by atoms with Gasteiger partial charge in [0.2, 0.25) is 0 Å². The molecule has 7 heteroatoms. The molecule has 3 rings (SSSR count). The van der Waals surface area contributed by atoms with Gasteiger partial charge in [0.25, 0.3) is 0 Å². The lowest BCUT2D eigenvalue weighted by Crippen LogP contribution is -2.46. The van der Waals surface area contributed by atoms with E-state index in [-0.39, 0.29) is 11.4 Å². The summed E-state index contributed by atoms with van der Waals surface area (Å²) in [7, 11) is 0. The lowest BCUT2D eigenvalue weighted by molar-refractivity contribution is 0.235. The van der Waals surface area contributed by atoms with Gasteiger partial charge in [0, 0.05) is 26.7 Å². The zero-order valence-electron chi connectivity index (χ0n) is 16.3. The Labute approximate surface area is 180 Å². The van der Waals surface area contributed by atoms with Crippen molar-refractivity contribution in [1.82, 2.24) is 10.6 Å². The molecule has 0 saturated heterocycles. The molecule has 0 saturated carbocycles. The SMILES string of the molecule is CC(C)(C)C1=C(C#N)[C@H](c2ccc(OCc3ccc(Cl)cc3Cl)cc2)NC(=O)N1. The molecule has 0 fully saturated rings. The van der Waals surface area contributed by atoms with E-state index in [4.69, 9.17) is 27.9 Å².